The van der Waals surface area contributed by atoms with Gasteiger partial charge in [-0.1, -0.05) is 13.8 Å². The molecule has 1 atom stereocenters. The predicted molar refractivity (Wildman–Crippen MR) is 80.3 cm³/mol. The summed E-state index contributed by atoms with van der Waals surface area (Å²) in [6.07, 6.45) is 0.624. The van der Waals surface area contributed by atoms with Crippen molar-refractivity contribution >= 4 is 22.3 Å². The van der Waals surface area contributed by atoms with Gasteiger partial charge in [0.05, 0.1) is 11.4 Å². The number of aryl methyl sites for hydroxylation is 2. The highest BCUT2D eigenvalue weighted by molar-refractivity contribution is 7.15. The summed E-state index contributed by atoms with van der Waals surface area (Å²) in [5.41, 5.74) is 3.15. The Balaban J connectivity index is 2.17. The van der Waals surface area contributed by atoms with E-state index < -0.39 is 12.0 Å². The van der Waals surface area contributed by atoms with Gasteiger partial charge in [0.1, 0.15) is 6.04 Å². The third-order valence-corrected chi connectivity index (χ3v) is 4.29. The fourth-order valence-corrected chi connectivity index (χ4v) is 3.27. The average molecular weight is 295 g/mol. The van der Waals surface area contributed by atoms with Crippen LogP contribution in [0.25, 0.3) is 4.96 Å². The van der Waals surface area contributed by atoms with Crippen molar-refractivity contribution in [1.29, 1.82) is 0 Å². The van der Waals surface area contributed by atoms with E-state index in [1.165, 1.54) is 0 Å². The largest absolute Gasteiger partial charge is 0.480 e. The van der Waals surface area contributed by atoms with Gasteiger partial charge < -0.3 is 5.11 Å². The predicted octanol–water partition coefficient (Wildman–Crippen LogP) is 2.60. The fraction of sp³-hybridized carbons (Fsp3) is 0.571. The Hall–Kier alpha value is -1.40. The standard InChI is InChI=1S/C14H21N3O2S/c1-8(2)5-11(13(18)19)15-6-12-10(4)16-14-17(12)9(3)7-20-14/h7-8,11,15H,5-6H2,1-4H3,(H,18,19). The Morgan fingerprint density at radius 1 is 1.50 bits per heavy atom. The van der Waals surface area contributed by atoms with E-state index in [4.69, 9.17) is 0 Å². The molecule has 0 aliphatic rings. The van der Waals surface area contributed by atoms with Crippen molar-refractivity contribution in [3.05, 3.63) is 22.5 Å². The molecule has 5 nitrogen and oxygen atoms in total. The quantitative estimate of drug-likeness (QED) is 0.859. The molecule has 2 N–H and O–H groups in total. The highest BCUT2D eigenvalue weighted by Crippen LogP contribution is 2.20. The van der Waals surface area contributed by atoms with Crippen LogP contribution in [0, 0.1) is 19.8 Å². The maximum atomic E-state index is 11.3. The van der Waals surface area contributed by atoms with Crippen LogP contribution in [0.1, 0.15) is 37.4 Å². The number of thiazole rings is 1. The molecule has 0 saturated heterocycles. The van der Waals surface area contributed by atoms with E-state index in [0.717, 1.165) is 22.0 Å². The van der Waals surface area contributed by atoms with Gasteiger partial charge in [-0.15, -0.1) is 11.3 Å². The summed E-state index contributed by atoms with van der Waals surface area (Å²) >= 11 is 1.61. The number of nitrogens with one attached hydrogen (secondary N) is 1. The van der Waals surface area contributed by atoms with E-state index in [1.54, 1.807) is 11.3 Å². The molecule has 1 unspecified atom stereocenters. The van der Waals surface area contributed by atoms with Crippen molar-refractivity contribution in [2.24, 2.45) is 5.92 Å². The van der Waals surface area contributed by atoms with Gasteiger partial charge in [0, 0.05) is 17.6 Å². The molecule has 110 valence electrons. The summed E-state index contributed by atoms with van der Waals surface area (Å²) in [6.45, 7) is 8.59. The highest BCUT2D eigenvalue weighted by atomic mass is 32.1. The molecule has 20 heavy (non-hydrogen) atoms. The Labute approximate surface area is 122 Å². The minimum atomic E-state index is -0.792. The molecule has 0 aliphatic heterocycles. The lowest BCUT2D eigenvalue weighted by Crippen LogP contribution is -2.37. The lowest BCUT2D eigenvalue weighted by atomic mass is 10.0. The van der Waals surface area contributed by atoms with Crippen LogP contribution < -0.4 is 5.32 Å². The molecule has 2 heterocycles. The van der Waals surface area contributed by atoms with E-state index in [0.29, 0.717) is 18.9 Å². The number of carbonyl (C=O) groups is 1. The number of hydrogen-bond donors (Lipinski definition) is 2. The molecule has 0 aromatic carbocycles. The number of carboxylic acid groups (broad SMARTS) is 1. The van der Waals surface area contributed by atoms with Crippen LogP contribution in [0.2, 0.25) is 0 Å². The number of carboxylic acids is 1. The SMILES string of the molecule is Cc1nc2scc(C)n2c1CNC(CC(C)C)C(=O)O. The van der Waals surface area contributed by atoms with Crippen LogP contribution in [-0.4, -0.2) is 26.5 Å². The van der Waals surface area contributed by atoms with Gasteiger partial charge in [0.2, 0.25) is 0 Å². The molecule has 0 saturated carbocycles. The Morgan fingerprint density at radius 3 is 2.80 bits per heavy atom. The van der Waals surface area contributed by atoms with Crippen LogP contribution in [0.4, 0.5) is 0 Å². The molecular formula is C14H21N3O2S. The number of nitrogens with zero attached hydrogens (tertiary/aromatic N) is 2. The lowest BCUT2D eigenvalue weighted by molar-refractivity contribution is -0.140. The molecule has 0 amide bonds. The topological polar surface area (TPSA) is 66.6 Å². The van der Waals surface area contributed by atoms with Gasteiger partial charge in [-0.3, -0.25) is 14.5 Å². The summed E-state index contributed by atoms with van der Waals surface area (Å²) in [5, 5.41) is 14.5. The van der Waals surface area contributed by atoms with Gasteiger partial charge in [0.25, 0.3) is 0 Å². The second-order valence-corrected chi connectivity index (χ2v) is 6.38. The minimum Gasteiger partial charge on any atom is -0.480 e. The Bertz CT molecular complexity index is 615. The number of aliphatic carboxylic acids is 1. The minimum absolute atomic E-state index is 0.345. The molecule has 0 spiro atoms. The van der Waals surface area contributed by atoms with Crippen LogP contribution in [-0.2, 0) is 11.3 Å². The highest BCUT2D eigenvalue weighted by Gasteiger charge is 2.20. The summed E-state index contributed by atoms with van der Waals surface area (Å²) in [5.74, 6) is -0.447. The zero-order valence-corrected chi connectivity index (χ0v) is 13.1. The summed E-state index contributed by atoms with van der Waals surface area (Å²) < 4.78 is 2.10. The average Bonchev–Trinajstić information content (AvgIpc) is 2.84. The van der Waals surface area contributed by atoms with E-state index in [2.05, 4.69) is 20.1 Å². The van der Waals surface area contributed by atoms with Crippen molar-refractivity contribution in [2.75, 3.05) is 0 Å². The van der Waals surface area contributed by atoms with Crippen LogP contribution in [0.15, 0.2) is 5.38 Å². The number of hydrogen-bond acceptors (Lipinski definition) is 4. The third kappa shape index (κ3) is 3.02. The Morgan fingerprint density at radius 2 is 2.20 bits per heavy atom. The zero-order valence-electron chi connectivity index (χ0n) is 12.3. The van der Waals surface area contributed by atoms with Crippen LogP contribution in [0.5, 0.6) is 0 Å². The van der Waals surface area contributed by atoms with Gasteiger partial charge in [-0.2, -0.15) is 0 Å². The maximum absolute atomic E-state index is 11.3. The second kappa shape index (κ2) is 5.93. The summed E-state index contributed by atoms with van der Waals surface area (Å²) in [6, 6.07) is -0.515. The van der Waals surface area contributed by atoms with Crippen molar-refractivity contribution in [3.8, 4) is 0 Å². The van der Waals surface area contributed by atoms with Gasteiger partial charge in [0.15, 0.2) is 4.96 Å². The molecule has 2 aromatic rings. The third-order valence-electron chi connectivity index (χ3n) is 3.35. The van der Waals surface area contributed by atoms with Gasteiger partial charge in [-0.25, -0.2) is 4.98 Å². The summed E-state index contributed by atoms with van der Waals surface area (Å²) in [7, 11) is 0. The summed E-state index contributed by atoms with van der Waals surface area (Å²) in [4.78, 5) is 16.8. The van der Waals surface area contributed by atoms with E-state index in [1.807, 2.05) is 27.7 Å². The first-order chi connectivity index (χ1) is 9.40. The first kappa shape index (κ1) is 15.0. The molecule has 2 aromatic heterocycles. The monoisotopic (exact) mass is 295 g/mol. The normalized spacial score (nSPS) is 13.2. The lowest BCUT2D eigenvalue weighted by Gasteiger charge is -2.16. The number of aromatic nitrogens is 2. The molecular weight excluding hydrogens is 274 g/mol. The van der Waals surface area contributed by atoms with Crippen molar-refractivity contribution in [2.45, 2.75) is 46.7 Å². The van der Waals surface area contributed by atoms with Crippen molar-refractivity contribution in [3.63, 3.8) is 0 Å². The fourth-order valence-electron chi connectivity index (χ4n) is 2.34. The van der Waals surface area contributed by atoms with Crippen LogP contribution >= 0.6 is 11.3 Å². The zero-order chi connectivity index (χ0) is 14.9. The molecule has 6 heteroatoms. The second-order valence-electron chi connectivity index (χ2n) is 5.54. The van der Waals surface area contributed by atoms with Crippen molar-refractivity contribution in [1.82, 2.24) is 14.7 Å². The van der Waals surface area contributed by atoms with E-state index >= 15 is 0 Å². The van der Waals surface area contributed by atoms with Gasteiger partial charge in [-0.05, 0) is 26.2 Å². The van der Waals surface area contributed by atoms with Crippen LogP contribution in [0.3, 0.4) is 0 Å². The number of imidazole rings is 1. The van der Waals surface area contributed by atoms with Gasteiger partial charge >= 0.3 is 5.97 Å². The molecule has 0 fully saturated rings. The van der Waals surface area contributed by atoms with E-state index in [9.17, 15) is 9.90 Å². The molecule has 0 aliphatic carbocycles. The molecule has 2 rings (SSSR count). The first-order valence-electron chi connectivity index (χ1n) is 6.78. The molecule has 0 bridgehead atoms. The first-order valence-corrected chi connectivity index (χ1v) is 7.66. The Kier molecular flexibility index (Phi) is 4.45. The maximum Gasteiger partial charge on any atom is 0.320 e. The van der Waals surface area contributed by atoms with Crippen molar-refractivity contribution < 1.29 is 9.90 Å². The number of rotatable bonds is 6. The smallest absolute Gasteiger partial charge is 0.320 e. The molecule has 0 radical (unpaired) electrons. The number of fused-ring (bicyclic) bond motifs is 1. The van der Waals surface area contributed by atoms with E-state index in [-0.39, 0.29) is 0 Å².